The maximum atomic E-state index is 12.0. The number of phenols is 1. The number of rotatable bonds is 4. The number of phenolic OH excluding ortho intramolecular Hbond substituents is 1. The first-order chi connectivity index (χ1) is 9.58. The number of nitrogens with one attached hydrogen (secondary N) is 1. The molecule has 0 atom stereocenters. The second kappa shape index (κ2) is 6.61. The molecule has 1 aliphatic rings. The van der Waals surface area contributed by atoms with Gasteiger partial charge in [0.15, 0.2) is 11.5 Å². The lowest BCUT2D eigenvalue weighted by Crippen LogP contribution is -2.38. The van der Waals surface area contributed by atoms with Gasteiger partial charge in [0, 0.05) is 11.8 Å². The standard InChI is InChI=1S/C15H22N2O3/c1-11-5-7-17(8-6-11)10-15(19)16-12-3-4-13(18)14(9-12)20-2/h3-4,9,11,18H,5-8,10H2,1-2H3,(H,16,19). The zero-order valence-corrected chi connectivity index (χ0v) is 12.1. The fraction of sp³-hybridized carbons (Fsp3) is 0.533. The molecular weight excluding hydrogens is 256 g/mol. The van der Waals surface area contributed by atoms with Crippen LogP contribution in [-0.2, 0) is 4.79 Å². The molecule has 1 aromatic carbocycles. The summed E-state index contributed by atoms with van der Waals surface area (Å²) < 4.78 is 5.02. The largest absolute Gasteiger partial charge is 0.504 e. The number of hydrogen-bond donors (Lipinski definition) is 2. The van der Waals surface area contributed by atoms with Crippen molar-refractivity contribution in [1.29, 1.82) is 0 Å². The van der Waals surface area contributed by atoms with Gasteiger partial charge in [-0.05, 0) is 44.0 Å². The van der Waals surface area contributed by atoms with Crippen LogP contribution in [0, 0.1) is 5.92 Å². The third kappa shape index (κ3) is 3.87. The number of aromatic hydroxyl groups is 1. The summed E-state index contributed by atoms with van der Waals surface area (Å²) in [4.78, 5) is 14.2. The molecule has 0 bridgehead atoms. The van der Waals surface area contributed by atoms with Crippen LogP contribution in [0.15, 0.2) is 18.2 Å². The molecule has 5 heteroatoms. The minimum absolute atomic E-state index is 0.0349. The molecule has 110 valence electrons. The van der Waals surface area contributed by atoms with Crippen LogP contribution in [-0.4, -0.2) is 42.7 Å². The molecule has 0 aliphatic carbocycles. The molecule has 0 spiro atoms. The number of hydrogen-bond acceptors (Lipinski definition) is 4. The molecule has 1 heterocycles. The molecule has 2 N–H and O–H groups in total. The Morgan fingerprint density at radius 1 is 1.45 bits per heavy atom. The predicted octanol–water partition coefficient (Wildman–Crippen LogP) is 2.07. The van der Waals surface area contributed by atoms with Crippen molar-refractivity contribution >= 4 is 11.6 Å². The minimum atomic E-state index is -0.0349. The van der Waals surface area contributed by atoms with E-state index in [1.54, 1.807) is 12.1 Å². The van der Waals surface area contributed by atoms with Crippen molar-refractivity contribution < 1.29 is 14.6 Å². The Labute approximate surface area is 119 Å². The molecular formula is C15H22N2O3. The lowest BCUT2D eigenvalue weighted by atomic mass is 9.99. The van der Waals surface area contributed by atoms with Crippen molar-refractivity contribution in [3.05, 3.63) is 18.2 Å². The normalized spacial score (nSPS) is 16.9. The fourth-order valence-electron chi connectivity index (χ4n) is 2.38. The highest BCUT2D eigenvalue weighted by molar-refractivity contribution is 5.92. The molecule has 1 saturated heterocycles. The van der Waals surface area contributed by atoms with E-state index in [9.17, 15) is 9.90 Å². The number of ether oxygens (including phenoxy) is 1. The number of carbonyl (C=O) groups is 1. The van der Waals surface area contributed by atoms with Crippen LogP contribution in [0.1, 0.15) is 19.8 Å². The Morgan fingerprint density at radius 3 is 2.80 bits per heavy atom. The molecule has 0 saturated carbocycles. The lowest BCUT2D eigenvalue weighted by molar-refractivity contribution is -0.117. The van der Waals surface area contributed by atoms with Gasteiger partial charge in [-0.15, -0.1) is 0 Å². The highest BCUT2D eigenvalue weighted by atomic mass is 16.5. The summed E-state index contributed by atoms with van der Waals surface area (Å²) in [5.74, 6) is 1.15. The van der Waals surface area contributed by atoms with Gasteiger partial charge in [0.05, 0.1) is 13.7 Å². The van der Waals surface area contributed by atoms with Crippen molar-refractivity contribution in [3.63, 3.8) is 0 Å². The third-order valence-corrected chi connectivity index (χ3v) is 3.71. The number of anilines is 1. The van der Waals surface area contributed by atoms with Crippen LogP contribution in [0.5, 0.6) is 11.5 Å². The average Bonchev–Trinajstić information content (AvgIpc) is 2.43. The zero-order chi connectivity index (χ0) is 14.5. The second-order valence-corrected chi connectivity index (χ2v) is 5.39. The highest BCUT2D eigenvalue weighted by Crippen LogP contribution is 2.28. The molecule has 5 nitrogen and oxygen atoms in total. The van der Waals surface area contributed by atoms with Crippen molar-refractivity contribution in [2.24, 2.45) is 5.92 Å². The Balaban J connectivity index is 1.88. The molecule has 2 rings (SSSR count). The Hall–Kier alpha value is -1.75. The molecule has 0 radical (unpaired) electrons. The average molecular weight is 278 g/mol. The van der Waals surface area contributed by atoms with Gasteiger partial charge in [-0.1, -0.05) is 6.92 Å². The summed E-state index contributed by atoms with van der Waals surface area (Å²) >= 11 is 0. The maximum absolute atomic E-state index is 12.0. The van der Waals surface area contributed by atoms with E-state index in [2.05, 4.69) is 17.1 Å². The number of amides is 1. The summed E-state index contributed by atoms with van der Waals surface area (Å²) in [6.07, 6.45) is 2.31. The van der Waals surface area contributed by atoms with E-state index in [4.69, 9.17) is 4.74 Å². The summed E-state index contributed by atoms with van der Waals surface area (Å²) in [7, 11) is 1.48. The van der Waals surface area contributed by atoms with Crippen LogP contribution in [0.4, 0.5) is 5.69 Å². The van der Waals surface area contributed by atoms with Gasteiger partial charge in [0.1, 0.15) is 0 Å². The number of benzene rings is 1. The number of likely N-dealkylation sites (tertiary alicyclic amines) is 1. The van der Waals surface area contributed by atoms with Crippen molar-refractivity contribution in [3.8, 4) is 11.5 Å². The van der Waals surface area contributed by atoms with E-state index in [0.29, 0.717) is 18.0 Å². The molecule has 20 heavy (non-hydrogen) atoms. The van der Waals surface area contributed by atoms with Gasteiger partial charge in [-0.3, -0.25) is 9.69 Å². The highest BCUT2D eigenvalue weighted by Gasteiger charge is 2.18. The molecule has 0 aromatic heterocycles. The lowest BCUT2D eigenvalue weighted by Gasteiger charge is -2.29. The first-order valence-electron chi connectivity index (χ1n) is 6.97. The predicted molar refractivity (Wildman–Crippen MR) is 78.1 cm³/mol. The van der Waals surface area contributed by atoms with E-state index in [1.165, 1.54) is 13.2 Å². The minimum Gasteiger partial charge on any atom is -0.504 e. The molecule has 1 amide bonds. The van der Waals surface area contributed by atoms with E-state index < -0.39 is 0 Å². The van der Waals surface area contributed by atoms with Gasteiger partial charge < -0.3 is 15.2 Å². The summed E-state index contributed by atoms with van der Waals surface area (Å²) in [6, 6.07) is 4.79. The smallest absolute Gasteiger partial charge is 0.238 e. The third-order valence-electron chi connectivity index (χ3n) is 3.71. The summed E-state index contributed by atoms with van der Waals surface area (Å²) in [5.41, 5.74) is 0.634. The summed E-state index contributed by atoms with van der Waals surface area (Å²) in [6.45, 7) is 4.62. The maximum Gasteiger partial charge on any atom is 0.238 e. The fourth-order valence-corrected chi connectivity index (χ4v) is 2.38. The first kappa shape index (κ1) is 14.7. The summed E-state index contributed by atoms with van der Waals surface area (Å²) in [5, 5.41) is 12.3. The number of methoxy groups -OCH3 is 1. The molecule has 1 aromatic rings. The van der Waals surface area contributed by atoms with E-state index in [-0.39, 0.29) is 11.7 Å². The Kier molecular flexibility index (Phi) is 4.84. The topological polar surface area (TPSA) is 61.8 Å². The van der Waals surface area contributed by atoms with Crippen LogP contribution in [0.25, 0.3) is 0 Å². The van der Waals surface area contributed by atoms with E-state index >= 15 is 0 Å². The number of piperidine rings is 1. The van der Waals surface area contributed by atoms with Crippen LogP contribution in [0.3, 0.4) is 0 Å². The second-order valence-electron chi connectivity index (χ2n) is 5.39. The SMILES string of the molecule is COc1cc(NC(=O)CN2CCC(C)CC2)ccc1O. The quantitative estimate of drug-likeness (QED) is 0.828. The van der Waals surface area contributed by atoms with Crippen LogP contribution in [0.2, 0.25) is 0 Å². The number of nitrogens with zero attached hydrogens (tertiary/aromatic N) is 1. The van der Waals surface area contributed by atoms with E-state index in [1.807, 2.05) is 0 Å². The Bertz CT molecular complexity index is 468. The molecule has 0 unspecified atom stereocenters. The van der Waals surface area contributed by atoms with Crippen molar-refractivity contribution in [1.82, 2.24) is 4.90 Å². The van der Waals surface area contributed by atoms with Gasteiger partial charge in [0.25, 0.3) is 0 Å². The number of carbonyl (C=O) groups excluding carboxylic acids is 1. The molecule has 1 fully saturated rings. The van der Waals surface area contributed by atoms with Crippen LogP contribution < -0.4 is 10.1 Å². The zero-order valence-electron chi connectivity index (χ0n) is 12.1. The van der Waals surface area contributed by atoms with Crippen molar-refractivity contribution in [2.75, 3.05) is 32.1 Å². The van der Waals surface area contributed by atoms with Gasteiger partial charge in [-0.2, -0.15) is 0 Å². The van der Waals surface area contributed by atoms with Crippen LogP contribution >= 0.6 is 0 Å². The monoisotopic (exact) mass is 278 g/mol. The van der Waals surface area contributed by atoms with E-state index in [0.717, 1.165) is 31.8 Å². The van der Waals surface area contributed by atoms with Crippen molar-refractivity contribution in [2.45, 2.75) is 19.8 Å². The Morgan fingerprint density at radius 2 is 2.15 bits per heavy atom. The van der Waals surface area contributed by atoms with Gasteiger partial charge >= 0.3 is 0 Å². The first-order valence-corrected chi connectivity index (χ1v) is 6.97. The molecule has 1 aliphatic heterocycles. The van der Waals surface area contributed by atoms with Gasteiger partial charge in [0.2, 0.25) is 5.91 Å². The van der Waals surface area contributed by atoms with Gasteiger partial charge in [-0.25, -0.2) is 0 Å².